The smallest absolute Gasteiger partial charge is 0.151 e. The molecule has 0 unspecified atom stereocenters. The number of imidazole rings is 1. The molecule has 3 nitrogen and oxygen atoms in total. The van der Waals surface area contributed by atoms with Crippen LogP contribution in [0.3, 0.4) is 0 Å². The minimum absolute atomic E-state index is 0.690. The number of carbonyl (C=O) groups excluding carboxylic acids is 1. The Morgan fingerprint density at radius 2 is 1.82 bits per heavy atom. The molecule has 0 fully saturated rings. The van der Waals surface area contributed by atoms with Crippen molar-refractivity contribution in [2.45, 2.75) is 6.92 Å². The van der Waals surface area contributed by atoms with Crippen molar-refractivity contribution >= 4 is 22.7 Å². The summed E-state index contributed by atoms with van der Waals surface area (Å²) in [6, 6.07) is 16.5. The maximum atomic E-state index is 11.1. The van der Waals surface area contributed by atoms with Crippen molar-refractivity contribution in [3.8, 4) is 11.3 Å². The Morgan fingerprint density at radius 1 is 1.00 bits per heavy atom. The van der Waals surface area contributed by atoms with Crippen molar-refractivity contribution in [3.63, 3.8) is 0 Å². The number of hydrogen-bond acceptors (Lipinski definition) is 2. The summed E-state index contributed by atoms with van der Waals surface area (Å²) in [7, 11) is 0. The van der Waals surface area contributed by atoms with Crippen molar-refractivity contribution in [2.24, 2.45) is 0 Å². The van der Waals surface area contributed by atoms with Gasteiger partial charge in [-0.15, -0.1) is 0 Å². The number of aryl methyl sites for hydroxylation is 1. The molecule has 3 heteroatoms. The molecule has 0 radical (unpaired) electrons. The van der Waals surface area contributed by atoms with E-state index in [4.69, 9.17) is 0 Å². The van der Waals surface area contributed by atoms with E-state index in [0.717, 1.165) is 28.8 Å². The van der Waals surface area contributed by atoms with Crippen LogP contribution in [-0.2, 0) is 0 Å². The Bertz CT molecular complexity index is 1010. The minimum atomic E-state index is 0.690. The molecule has 0 N–H and O–H groups in total. The predicted molar refractivity (Wildman–Crippen MR) is 88.3 cm³/mol. The molecule has 2 aromatic heterocycles. The lowest BCUT2D eigenvalue weighted by Crippen LogP contribution is -1.91. The van der Waals surface area contributed by atoms with Crippen LogP contribution in [0.1, 0.15) is 15.9 Å². The van der Waals surface area contributed by atoms with Crippen molar-refractivity contribution in [1.29, 1.82) is 0 Å². The number of fused-ring (bicyclic) bond motifs is 2. The first kappa shape index (κ1) is 12.8. The van der Waals surface area contributed by atoms with E-state index in [1.54, 1.807) is 0 Å². The van der Waals surface area contributed by atoms with Gasteiger partial charge in [0.05, 0.1) is 5.69 Å². The number of carbonyl (C=O) groups is 1. The highest BCUT2D eigenvalue weighted by Crippen LogP contribution is 2.24. The number of benzene rings is 2. The van der Waals surface area contributed by atoms with Gasteiger partial charge in [-0.3, -0.25) is 4.79 Å². The van der Waals surface area contributed by atoms with Gasteiger partial charge in [-0.1, -0.05) is 36.4 Å². The quantitative estimate of drug-likeness (QED) is 0.516. The van der Waals surface area contributed by atoms with Crippen LogP contribution in [0.25, 0.3) is 27.7 Å². The number of hydrogen-bond donors (Lipinski definition) is 0. The van der Waals surface area contributed by atoms with Crippen LogP contribution in [0, 0.1) is 6.92 Å². The standard InChI is InChI=1S/C19H14N2O/c1-13-8-19-20-18(11-21(19)10-17(13)12-22)16-7-6-14-4-2-3-5-15(14)9-16/h2-12H,1H3. The van der Waals surface area contributed by atoms with E-state index >= 15 is 0 Å². The summed E-state index contributed by atoms with van der Waals surface area (Å²) in [5.41, 5.74) is 4.47. The molecule has 2 heterocycles. The zero-order valence-electron chi connectivity index (χ0n) is 12.2. The van der Waals surface area contributed by atoms with Gasteiger partial charge in [0.15, 0.2) is 6.29 Å². The fourth-order valence-corrected chi connectivity index (χ4v) is 2.76. The maximum absolute atomic E-state index is 11.1. The van der Waals surface area contributed by atoms with E-state index in [1.807, 2.05) is 41.9 Å². The van der Waals surface area contributed by atoms with Crippen LogP contribution < -0.4 is 0 Å². The van der Waals surface area contributed by atoms with Gasteiger partial charge < -0.3 is 4.40 Å². The van der Waals surface area contributed by atoms with Crippen molar-refractivity contribution in [3.05, 3.63) is 72.1 Å². The third-order valence-corrected chi connectivity index (χ3v) is 4.01. The molecule has 0 bridgehead atoms. The molecule has 0 aliphatic heterocycles. The van der Waals surface area contributed by atoms with E-state index in [0.29, 0.717) is 5.56 Å². The second kappa shape index (κ2) is 4.81. The lowest BCUT2D eigenvalue weighted by Gasteiger charge is -2.00. The Balaban J connectivity index is 1.90. The van der Waals surface area contributed by atoms with Gasteiger partial charge in [-0.25, -0.2) is 4.98 Å². The van der Waals surface area contributed by atoms with Crippen molar-refractivity contribution in [2.75, 3.05) is 0 Å². The molecule has 0 saturated carbocycles. The Hall–Kier alpha value is -2.94. The van der Waals surface area contributed by atoms with E-state index in [9.17, 15) is 4.79 Å². The van der Waals surface area contributed by atoms with E-state index in [1.165, 1.54) is 10.8 Å². The third kappa shape index (κ3) is 1.99. The fraction of sp³-hybridized carbons (Fsp3) is 0.0526. The molecule has 4 aromatic rings. The number of aldehydes is 1. The number of nitrogens with zero attached hydrogens (tertiary/aromatic N) is 2. The molecule has 0 amide bonds. The highest BCUT2D eigenvalue weighted by atomic mass is 16.1. The molecule has 2 aromatic carbocycles. The minimum Gasteiger partial charge on any atom is -0.306 e. The number of rotatable bonds is 2. The lowest BCUT2D eigenvalue weighted by molar-refractivity contribution is 0.112. The van der Waals surface area contributed by atoms with Gasteiger partial charge in [-0.05, 0) is 35.4 Å². The van der Waals surface area contributed by atoms with Crippen LogP contribution in [0.4, 0.5) is 0 Å². The average molecular weight is 286 g/mol. The normalized spacial score (nSPS) is 11.1. The Kier molecular flexibility index (Phi) is 2.79. The van der Waals surface area contributed by atoms with Crippen LogP contribution in [0.2, 0.25) is 0 Å². The first-order valence-electron chi connectivity index (χ1n) is 7.18. The maximum Gasteiger partial charge on any atom is 0.151 e. The van der Waals surface area contributed by atoms with E-state index < -0.39 is 0 Å². The summed E-state index contributed by atoms with van der Waals surface area (Å²) >= 11 is 0. The van der Waals surface area contributed by atoms with Crippen LogP contribution in [0.5, 0.6) is 0 Å². The summed E-state index contributed by atoms with van der Waals surface area (Å²) in [4.78, 5) is 15.7. The Labute approximate surface area is 127 Å². The molecular weight excluding hydrogens is 272 g/mol. The molecule has 0 spiro atoms. The molecule has 0 atom stereocenters. The van der Waals surface area contributed by atoms with Gasteiger partial charge in [0, 0.05) is 23.5 Å². The first-order chi connectivity index (χ1) is 10.7. The summed E-state index contributed by atoms with van der Waals surface area (Å²) in [5.74, 6) is 0. The number of aromatic nitrogens is 2. The summed E-state index contributed by atoms with van der Waals surface area (Å²) in [6.07, 6.45) is 4.67. The van der Waals surface area contributed by atoms with Crippen LogP contribution >= 0.6 is 0 Å². The van der Waals surface area contributed by atoms with Gasteiger partial charge in [0.1, 0.15) is 5.65 Å². The fourth-order valence-electron chi connectivity index (χ4n) is 2.76. The second-order valence-electron chi connectivity index (χ2n) is 5.48. The highest BCUT2D eigenvalue weighted by molar-refractivity contribution is 5.87. The second-order valence-corrected chi connectivity index (χ2v) is 5.48. The lowest BCUT2D eigenvalue weighted by atomic mass is 10.1. The van der Waals surface area contributed by atoms with Crippen molar-refractivity contribution < 1.29 is 4.79 Å². The number of pyridine rings is 1. The molecule has 0 aliphatic carbocycles. The largest absolute Gasteiger partial charge is 0.306 e. The zero-order chi connectivity index (χ0) is 15.1. The molecule has 4 rings (SSSR count). The van der Waals surface area contributed by atoms with Crippen LogP contribution in [-0.4, -0.2) is 15.7 Å². The zero-order valence-corrected chi connectivity index (χ0v) is 12.2. The van der Waals surface area contributed by atoms with Gasteiger partial charge in [0.2, 0.25) is 0 Å². The first-order valence-corrected chi connectivity index (χ1v) is 7.18. The average Bonchev–Trinajstić information content (AvgIpc) is 2.96. The summed E-state index contributed by atoms with van der Waals surface area (Å²) in [5, 5.41) is 2.41. The van der Waals surface area contributed by atoms with Crippen molar-refractivity contribution in [1.82, 2.24) is 9.38 Å². The van der Waals surface area contributed by atoms with E-state index in [2.05, 4.69) is 35.3 Å². The summed E-state index contributed by atoms with van der Waals surface area (Å²) in [6.45, 7) is 1.92. The van der Waals surface area contributed by atoms with Gasteiger partial charge >= 0.3 is 0 Å². The molecule has 0 saturated heterocycles. The molecule has 106 valence electrons. The van der Waals surface area contributed by atoms with E-state index in [-0.39, 0.29) is 0 Å². The Morgan fingerprint density at radius 3 is 2.64 bits per heavy atom. The van der Waals surface area contributed by atoms with Gasteiger partial charge in [-0.2, -0.15) is 0 Å². The SMILES string of the molecule is Cc1cc2nc(-c3ccc4ccccc4c3)cn2cc1C=O. The predicted octanol–water partition coefficient (Wildman–Crippen LogP) is 4.28. The molecule has 22 heavy (non-hydrogen) atoms. The van der Waals surface area contributed by atoms with Gasteiger partial charge in [0.25, 0.3) is 0 Å². The topological polar surface area (TPSA) is 34.4 Å². The third-order valence-electron chi connectivity index (χ3n) is 4.01. The molecular formula is C19H14N2O. The summed E-state index contributed by atoms with van der Waals surface area (Å²) < 4.78 is 1.90. The molecule has 0 aliphatic rings. The van der Waals surface area contributed by atoms with Crippen LogP contribution in [0.15, 0.2) is 60.9 Å². The highest BCUT2D eigenvalue weighted by Gasteiger charge is 2.07. The monoisotopic (exact) mass is 286 g/mol.